The number of thiazole rings is 2. The van der Waals surface area contributed by atoms with Crippen LogP contribution in [-0.2, 0) is 0 Å². The SMILES string of the molecule is O[C@@H]1C=C(c2nccnc2Oc2ccc(Nc3nc4ccccc4s3)c(F)c2)CCC1.O[C@H]1C=C(c2nccnc2Oc2ccc(Nc3nc4ccccc4s3)c(F)c2)CCC1. The molecule has 0 bridgehead atoms. The molecular weight excluding hydrogens is 831 g/mol. The summed E-state index contributed by atoms with van der Waals surface area (Å²) in [5.74, 6) is 0.268. The summed E-state index contributed by atoms with van der Waals surface area (Å²) >= 11 is 2.92. The minimum absolute atomic E-state index is 0.286. The topological polar surface area (TPSA) is 160 Å². The predicted octanol–water partition coefficient (Wildman–Crippen LogP) is 11.4. The van der Waals surface area contributed by atoms with E-state index in [1.165, 1.54) is 47.2 Å². The number of nitrogens with zero attached hydrogens (tertiary/aromatic N) is 6. The van der Waals surface area contributed by atoms with Crippen molar-refractivity contribution in [3.8, 4) is 23.3 Å². The van der Waals surface area contributed by atoms with Crippen molar-refractivity contribution in [2.75, 3.05) is 10.6 Å². The number of rotatable bonds is 10. The molecule has 16 heteroatoms. The van der Waals surface area contributed by atoms with Crippen LogP contribution in [0.4, 0.5) is 30.4 Å². The lowest BCUT2D eigenvalue weighted by Crippen LogP contribution is -2.10. The van der Waals surface area contributed by atoms with Crippen molar-refractivity contribution < 1.29 is 28.5 Å². The highest BCUT2D eigenvalue weighted by Gasteiger charge is 2.21. The van der Waals surface area contributed by atoms with E-state index in [0.717, 1.165) is 70.1 Å². The molecule has 4 heterocycles. The number of anilines is 4. The lowest BCUT2D eigenvalue weighted by molar-refractivity contribution is 0.205. The van der Waals surface area contributed by atoms with Crippen molar-refractivity contribution in [2.45, 2.75) is 50.7 Å². The molecule has 2 aliphatic carbocycles. The molecule has 0 saturated heterocycles. The number of ether oxygens (including phenoxy) is 2. The van der Waals surface area contributed by atoms with Crippen LogP contribution >= 0.6 is 22.7 Å². The molecule has 2 atom stereocenters. The van der Waals surface area contributed by atoms with Crippen LogP contribution < -0.4 is 20.1 Å². The van der Waals surface area contributed by atoms with Crippen molar-refractivity contribution in [2.24, 2.45) is 0 Å². The number of hydrogen-bond donors (Lipinski definition) is 4. The van der Waals surface area contributed by atoms with Gasteiger partial charge in [0.1, 0.15) is 34.5 Å². The summed E-state index contributed by atoms with van der Waals surface area (Å²) < 4.78 is 43.3. The van der Waals surface area contributed by atoms with Gasteiger partial charge in [0.2, 0.25) is 11.8 Å². The number of benzene rings is 4. The summed E-state index contributed by atoms with van der Waals surface area (Å²) in [5, 5.41) is 27.2. The molecule has 0 amide bonds. The summed E-state index contributed by atoms with van der Waals surface area (Å²) in [6, 6.07) is 24.7. The Balaban J connectivity index is 0.000000158. The second kappa shape index (κ2) is 18.5. The van der Waals surface area contributed by atoms with Gasteiger partial charge in [0.25, 0.3) is 0 Å². The van der Waals surface area contributed by atoms with Gasteiger partial charge in [0.05, 0.1) is 44.0 Å². The van der Waals surface area contributed by atoms with Gasteiger partial charge in [0, 0.05) is 36.9 Å². The number of aliphatic hydroxyl groups is 2. The summed E-state index contributed by atoms with van der Waals surface area (Å²) in [7, 11) is 0. The van der Waals surface area contributed by atoms with Crippen molar-refractivity contribution in [3.05, 3.63) is 145 Å². The van der Waals surface area contributed by atoms with Gasteiger partial charge in [-0.15, -0.1) is 0 Å². The Morgan fingerprint density at radius 3 is 1.42 bits per heavy atom. The van der Waals surface area contributed by atoms with Crippen LogP contribution in [0.3, 0.4) is 0 Å². The molecule has 12 nitrogen and oxygen atoms in total. The van der Waals surface area contributed by atoms with Gasteiger partial charge in [-0.1, -0.05) is 59.1 Å². The van der Waals surface area contributed by atoms with E-state index in [4.69, 9.17) is 9.47 Å². The number of aliphatic hydroxyl groups excluding tert-OH is 2. The number of fused-ring (bicyclic) bond motifs is 2. The number of nitrogens with one attached hydrogen (secondary N) is 2. The van der Waals surface area contributed by atoms with Crippen LogP contribution in [0.1, 0.15) is 49.9 Å². The number of halogens is 2. The molecule has 0 fully saturated rings. The normalized spacial score (nSPS) is 16.2. The first-order valence-electron chi connectivity index (χ1n) is 19.9. The summed E-state index contributed by atoms with van der Waals surface area (Å²) in [6.45, 7) is 0. The van der Waals surface area contributed by atoms with Gasteiger partial charge in [-0.3, -0.25) is 0 Å². The van der Waals surface area contributed by atoms with E-state index in [2.05, 4.69) is 40.5 Å². The second-order valence-electron chi connectivity index (χ2n) is 14.4. The first kappa shape index (κ1) is 40.7. The minimum atomic E-state index is -0.496. The van der Waals surface area contributed by atoms with Crippen LogP contribution in [0.2, 0.25) is 0 Å². The first-order valence-corrected chi connectivity index (χ1v) is 21.5. The number of para-hydroxylation sites is 2. The zero-order valence-electron chi connectivity index (χ0n) is 32.9. The number of hydrogen-bond acceptors (Lipinski definition) is 14. The molecule has 0 radical (unpaired) electrons. The highest BCUT2D eigenvalue weighted by atomic mass is 32.1. The standard InChI is InChI=1S/2C23H19FN4O2S/c2*24-17-13-16(8-9-18(17)27-23-28-19-6-1-2-7-20(19)31-23)30-22-21(25-10-11-26-22)14-4-3-5-15(29)12-14/h2*1-2,6-13,15,29H,3-5H2,(H,27,28)/t2*15-/m10/s1. The highest BCUT2D eigenvalue weighted by molar-refractivity contribution is 7.22. The minimum Gasteiger partial charge on any atom is -0.437 e. The maximum atomic E-state index is 14.8. The summed E-state index contributed by atoms with van der Waals surface area (Å²) in [4.78, 5) is 26.2. The first-order chi connectivity index (χ1) is 30.3. The van der Waals surface area contributed by atoms with Crippen LogP contribution in [0.15, 0.2) is 122 Å². The number of aromatic nitrogens is 6. The van der Waals surface area contributed by atoms with Crippen molar-refractivity contribution >= 4 is 75.9 Å². The fraction of sp³-hybridized carbons (Fsp3) is 0.174. The molecule has 2 aliphatic rings. The van der Waals surface area contributed by atoms with Crippen molar-refractivity contribution in [3.63, 3.8) is 0 Å². The van der Waals surface area contributed by atoms with Crippen molar-refractivity contribution in [1.29, 1.82) is 0 Å². The largest absolute Gasteiger partial charge is 0.437 e. The smallest absolute Gasteiger partial charge is 0.245 e. The van der Waals surface area contributed by atoms with Crippen LogP contribution in [0.25, 0.3) is 31.6 Å². The maximum Gasteiger partial charge on any atom is 0.245 e. The van der Waals surface area contributed by atoms with Gasteiger partial charge >= 0.3 is 0 Å². The predicted molar refractivity (Wildman–Crippen MR) is 238 cm³/mol. The molecule has 8 aromatic rings. The van der Waals surface area contributed by atoms with Gasteiger partial charge < -0.3 is 30.3 Å². The average molecular weight is 869 g/mol. The van der Waals surface area contributed by atoms with Gasteiger partial charge in [-0.2, -0.15) is 0 Å². The molecule has 0 aliphatic heterocycles. The Labute approximate surface area is 362 Å². The van der Waals surface area contributed by atoms with E-state index in [0.29, 0.717) is 44.5 Å². The molecule has 4 aromatic carbocycles. The number of allylic oxidation sites excluding steroid dienone is 2. The lowest BCUT2D eigenvalue weighted by Gasteiger charge is -2.18. The Bertz CT molecular complexity index is 2680. The van der Waals surface area contributed by atoms with Crippen molar-refractivity contribution in [1.82, 2.24) is 29.9 Å². The fourth-order valence-electron chi connectivity index (χ4n) is 7.06. The van der Waals surface area contributed by atoms with E-state index in [1.807, 2.05) is 48.5 Å². The monoisotopic (exact) mass is 868 g/mol. The summed E-state index contributed by atoms with van der Waals surface area (Å²) in [5.41, 5.74) is 5.26. The Kier molecular flexibility index (Phi) is 12.1. The molecule has 0 unspecified atom stereocenters. The van der Waals surface area contributed by atoms with Gasteiger partial charge in [-0.25, -0.2) is 38.7 Å². The zero-order chi connectivity index (χ0) is 42.4. The fourth-order valence-corrected chi connectivity index (χ4v) is 8.82. The zero-order valence-corrected chi connectivity index (χ0v) is 34.5. The highest BCUT2D eigenvalue weighted by Crippen LogP contribution is 2.37. The van der Waals surface area contributed by atoms with E-state index in [-0.39, 0.29) is 11.8 Å². The molecule has 312 valence electrons. The molecule has 4 aromatic heterocycles. The Hall–Kier alpha value is -6.72. The summed E-state index contributed by atoms with van der Waals surface area (Å²) in [6.07, 6.45) is 13.5. The third-order valence-electron chi connectivity index (χ3n) is 10.00. The van der Waals surface area contributed by atoms with Crippen LogP contribution in [-0.4, -0.2) is 52.3 Å². The molecule has 0 spiro atoms. The third kappa shape index (κ3) is 9.58. The van der Waals surface area contributed by atoms with Crippen LogP contribution in [0, 0.1) is 11.6 Å². The Morgan fingerprint density at radius 2 is 1.00 bits per heavy atom. The van der Waals surface area contributed by atoms with E-state index < -0.39 is 23.8 Å². The Morgan fingerprint density at radius 1 is 0.565 bits per heavy atom. The molecular formula is C46H38F2N8O4S2. The van der Waals surface area contributed by atoms with E-state index in [9.17, 15) is 19.0 Å². The van der Waals surface area contributed by atoms with Gasteiger partial charge in [0.15, 0.2) is 10.3 Å². The molecule has 4 N–H and O–H groups in total. The van der Waals surface area contributed by atoms with E-state index >= 15 is 0 Å². The van der Waals surface area contributed by atoms with E-state index in [1.54, 1.807) is 48.8 Å². The van der Waals surface area contributed by atoms with Gasteiger partial charge in [-0.05, 0) is 98.2 Å². The molecule has 0 saturated carbocycles. The van der Waals surface area contributed by atoms with Crippen LogP contribution in [0.5, 0.6) is 23.3 Å². The maximum absolute atomic E-state index is 14.8. The molecule has 10 rings (SSSR count). The third-order valence-corrected chi connectivity index (χ3v) is 11.9. The lowest BCUT2D eigenvalue weighted by atomic mass is 9.95. The average Bonchev–Trinajstić information content (AvgIpc) is 3.90. The molecule has 62 heavy (non-hydrogen) atoms. The second-order valence-corrected chi connectivity index (χ2v) is 16.5. The quantitative estimate of drug-likeness (QED) is 0.103.